The van der Waals surface area contributed by atoms with Crippen LogP contribution < -0.4 is 5.32 Å². The van der Waals surface area contributed by atoms with Gasteiger partial charge in [0.15, 0.2) is 11.6 Å². The average Bonchev–Trinajstić information content (AvgIpc) is 3.14. The molecule has 23 heavy (non-hydrogen) atoms. The van der Waals surface area contributed by atoms with Crippen LogP contribution in [0.3, 0.4) is 0 Å². The van der Waals surface area contributed by atoms with E-state index in [-0.39, 0.29) is 0 Å². The number of hydrogen-bond donors (Lipinski definition) is 1. The van der Waals surface area contributed by atoms with Gasteiger partial charge in [-0.2, -0.15) is 4.98 Å². The highest BCUT2D eigenvalue weighted by Gasteiger charge is 2.09. The zero-order chi connectivity index (χ0) is 16.2. The second-order valence-corrected chi connectivity index (χ2v) is 5.81. The van der Waals surface area contributed by atoms with Gasteiger partial charge in [0.05, 0.1) is 12.2 Å². The van der Waals surface area contributed by atoms with Crippen molar-refractivity contribution in [2.75, 3.05) is 5.32 Å². The Morgan fingerprint density at radius 1 is 1.17 bits per heavy atom. The van der Waals surface area contributed by atoms with E-state index in [0.29, 0.717) is 30.0 Å². The van der Waals surface area contributed by atoms with Crippen LogP contribution >= 0.6 is 0 Å². The van der Waals surface area contributed by atoms with Crippen molar-refractivity contribution in [2.45, 2.75) is 33.7 Å². The molecule has 0 aliphatic carbocycles. The first-order valence-corrected chi connectivity index (χ1v) is 7.55. The van der Waals surface area contributed by atoms with Crippen molar-refractivity contribution in [3.05, 3.63) is 41.7 Å². The van der Waals surface area contributed by atoms with Crippen LogP contribution in [0.4, 0.5) is 5.82 Å². The van der Waals surface area contributed by atoms with Crippen LogP contribution in [-0.4, -0.2) is 20.3 Å². The van der Waals surface area contributed by atoms with Gasteiger partial charge in [0.1, 0.15) is 5.82 Å². The topological polar surface area (TPSA) is 89.9 Å². The predicted octanol–water partition coefficient (Wildman–Crippen LogP) is 3.24. The summed E-state index contributed by atoms with van der Waals surface area (Å²) in [6.07, 6.45) is 2.61. The molecule has 0 saturated carbocycles. The van der Waals surface area contributed by atoms with Gasteiger partial charge in [-0.1, -0.05) is 24.2 Å². The van der Waals surface area contributed by atoms with Crippen molar-refractivity contribution in [3.8, 4) is 11.5 Å². The molecular formula is C16H19N5O2. The van der Waals surface area contributed by atoms with Crippen LogP contribution in [0.15, 0.2) is 33.4 Å². The highest BCUT2D eigenvalue weighted by Crippen LogP contribution is 2.19. The fourth-order valence-electron chi connectivity index (χ4n) is 2.21. The third-order valence-corrected chi connectivity index (χ3v) is 3.20. The van der Waals surface area contributed by atoms with Crippen LogP contribution in [0.5, 0.6) is 0 Å². The minimum absolute atomic E-state index is 0.479. The molecule has 1 N–H and O–H groups in total. The first kappa shape index (κ1) is 15.2. The number of pyridine rings is 1. The maximum atomic E-state index is 5.32. The van der Waals surface area contributed by atoms with Crippen LogP contribution in [0.25, 0.3) is 11.5 Å². The maximum Gasteiger partial charge on any atom is 0.258 e. The van der Waals surface area contributed by atoms with E-state index in [0.717, 1.165) is 23.4 Å². The number of aromatic nitrogens is 4. The Bertz CT molecular complexity index is 778. The summed E-state index contributed by atoms with van der Waals surface area (Å²) in [7, 11) is 0. The van der Waals surface area contributed by atoms with Crippen LogP contribution in [0, 0.1) is 12.8 Å². The molecule has 0 saturated heterocycles. The zero-order valence-electron chi connectivity index (χ0n) is 13.4. The van der Waals surface area contributed by atoms with Crippen LogP contribution in [0.1, 0.15) is 31.1 Å². The van der Waals surface area contributed by atoms with Crippen molar-refractivity contribution < 1.29 is 9.05 Å². The van der Waals surface area contributed by atoms with Gasteiger partial charge in [0.2, 0.25) is 0 Å². The van der Waals surface area contributed by atoms with Gasteiger partial charge in [-0.25, -0.2) is 4.98 Å². The molecule has 3 aromatic rings. The predicted molar refractivity (Wildman–Crippen MR) is 84.6 cm³/mol. The third-order valence-electron chi connectivity index (χ3n) is 3.20. The van der Waals surface area contributed by atoms with Crippen molar-refractivity contribution >= 4 is 5.82 Å². The molecule has 0 aliphatic heterocycles. The van der Waals surface area contributed by atoms with E-state index in [1.807, 2.05) is 18.2 Å². The molecule has 0 radical (unpaired) electrons. The van der Waals surface area contributed by atoms with Gasteiger partial charge in [-0.05, 0) is 31.4 Å². The fraction of sp³-hybridized carbons (Fsp3) is 0.375. The summed E-state index contributed by atoms with van der Waals surface area (Å²) >= 11 is 0. The molecule has 0 spiro atoms. The van der Waals surface area contributed by atoms with E-state index in [1.165, 1.54) is 0 Å². The summed E-state index contributed by atoms with van der Waals surface area (Å²) in [5.41, 5.74) is 1.79. The second kappa shape index (κ2) is 6.60. The van der Waals surface area contributed by atoms with Gasteiger partial charge < -0.3 is 14.4 Å². The lowest BCUT2D eigenvalue weighted by molar-refractivity contribution is 0.378. The molecule has 0 aliphatic rings. The van der Waals surface area contributed by atoms with Gasteiger partial charge in [0.25, 0.3) is 5.89 Å². The van der Waals surface area contributed by atoms with E-state index >= 15 is 0 Å². The lowest BCUT2D eigenvalue weighted by Gasteiger charge is -2.03. The van der Waals surface area contributed by atoms with E-state index in [1.54, 1.807) is 13.1 Å². The highest BCUT2D eigenvalue weighted by atomic mass is 16.5. The molecule has 0 bridgehead atoms. The van der Waals surface area contributed by atoms with E-state index in [4.69, 9.17) is 9.05 Å². The molecule has 7 heteroatoms. The van der Waals surface area contributed by atoms with Crippen molar-refractivity contribution in [2.24, 2.45) is 5.92 Å². The molecule has 0 atom stereocenters. The highest BCUT2D eigenvalue weighted by molar-refractivity contribution is 5.57. The summed E-state index contributed by atoms with van der Waals surface area (Å²) in [6, 6.07) is 5.66. The van der Waals surface area contributed by atoms with E-state index < -0.39 is 0 Å². The Balaban J connectivity index is 1.65. The Morgan fingerprint density at radius 3 is 2.78 bits per heavy atom. The monoisotopic (exact) mass is 313 g/mol. The first-order valence-electron chi connectivity index (χ1n) is 7.55. The first-order chi connectivity index (χ1) is 11.1. The van der Waals surface area contributed by atoms with Crippen molar-refractivity contribution in [1.82, 2.24) is 20.3 Å². The second-order valence-electron chi connectivity index (χ2n) is 5.81. The summed E-state index contributed by atoms with van der Waals surface area (Å²) in [6.45, 7) is 6.61. The Labute approximate surface area is 134 Å². The number of nitrogens with zero attached hydrogens (tertiary/aromatic N) is 4. The third kappa shape index (κ3) is 3.94. The molecule has 0 fully saturated rings. The van der Waals surface area contributed by atoms with Gasteiger partial charge in [-0.15, -0.1) is 0 Å². The largest absolute Gasteiger partial charge is 0.363 e. The molecule has 0 aromatic carbocycles. The zero-order valence-corrected chi connectivity index (χ0v) is 13.4. The summed E-state index contributed by atoms with van der Waals surface area (Å²) < 4.78 is 10.5. The lowest BCUT2D eigenvalue weighted by atomic mass is 10.1. The van der Waals surface area contributed by atoms with Gasteiger partial charge >= 0.3 is 0 Å². The molecule has 3 heterocycles. The summed E-state index contributed by atoms with van der Waals surface area (Å²) in [4.78, 5) is 8.49. The molecule has 3 aromatic heterocycles. The molecule has 0 amide bonds. The van der Waals surface area contributed by atoms with E-state index in [9.17, 15) is 0 Å². The number of nitrogens with one attached hydrogen (secondary N) is 1. The summed E-state index contributed by atoms with van der Waals surface area (Å²) in [5.74, 6) is 3.12. The van der Waals surface area contributed by atoms with Crippen LogP contribution in [-0.2, 0) is 13.0 Å². The molecular weight excluding hydrogens is 294 g/mol. The van der Waals surface area contributed by atoms with Crippen LogP contribution in [0.2, 0.25) is 0 Å². The number of hydrogen-bond acceptors (Lipinski definition) is 7. The standard InChI is InChI=1S/C16H19N5O2/c1-10(2)6-13-8-14(22-21-13)9-18-15-7-12(4-5-17-15)16-19-11(3)20-23-16/h4-5,7-8,10H,6,9H2,1-3H3,(H,17,18). The normalized spacial score (nSPS) is 11.1. The quantitative estimate of drug-likeness (QED) is 0.747. The lowest BCUT2D eigenvalue weighted by Crippen LogP contribution is -2.00. The molecule has 120 valence electrons. The SMILES string of the molecule is Cc1noc(-c2ccnc(NCc3cc(CC(C)C)no3)c2)n1. The minimum atomic E-state index is 0.479. The van der Waals surface area contributed by atoms with Crippen molar-refractivity contribution in [3.63, 3.8) is 0 Å². The fourth-order valence-corrected chi connectivity index (χ4v) is 2.21. The van der Waals surface area contributed by atoms with Gasteiger partial charge in [0, 0.05) is 17.8 Å². The smallest absolute Gasteiger partial charge is 0.258 e. The number of rotatable bonds is 6. The Morgan fingerprint density at radius 2 is 2.04 bits per heavy atom. The van der Waals surface area contributed by atoms with Crippen molar-refractivity contribution in [1.29, 1.82) is 0 Å². The Kier molecular flexibility index (Phi) is 4.36. The molecule has 7 nitrogen and oxygen atoms in total. The molecule has 0 unspecified atom stereocenters. The van der Waals surface area contributed by atoms with E-state index in [2.05, 4.69) is 39.4 Å². The maximum absolute atomic E-state index is 5.32. The molecule has 3 rings (SSSR count). The number of anilines is 1. The average molecular weight is 313 g/mol. The Hall–Kier alpha value is -2.70. The summed E-state index contributed by atoms with van der Waals surface area (Å²) in [5, 5.41) is 11.1. The van der Waals surface area contributed by atoms with Gasteiger partial charge in [-0.3, -0.25) is 0 Å². The number of aryl methyl sites for hydroxylation is 1. The minimum Gasteiger partial charge on any atom is -0.363 e.